The molecule has 164 valence electrons. The first-order valence-electron chi connectivity index (χ1n) is 12.3. The molecule has 5 rings (SSSR count). The first kappa shape index (κ1) is 20.7. The van der Waals surface area contributed by atoms with Crippen LogP contribution in [0.3, 0.4) is 0 Å². The maximum atomic E-state index is 11.6. The van der Waals surface area contributed by atoms with Crippen molar-refractivity contribution in [1.82, 2.24) is 10.2 Å². The number of carbonyl (C=O) groups excluding carboxylic acids is 1. The van der Waals surface area contributed by atoms with Crippen LogP contribution in [0.4, 0.5) is 0 Å². The maximum Gasteiger partial charge on any atom is 0.132 e. The molecule has 0 bridgehead atoms. The zero-order valence-corrected chi connectivity index (χ0v) is 18.5. The van der Waals surface area contributed by atoms with Crippen LogP contribution in [0.15, 0.2) is 30.3 Å². The molecule has 2 aliphatic heterocycles. The highest BCUT2D eigenvalue weighted by atomic mass is 16.5. The lowest BCUT2D eigenvalue weighted by Gasteiger charge is -2.40. The van der Waals surface area contributed by atoms with Gasteiger partial charge in [0, 0.05) is 43.6 Å². The number of hydrogen-bond acceptors (Lipinski definition) is 4. The number of ketones is 1. The van der Waals surface area contributed by atoms with Crippen LogP contribution >= 0.6 is 0 Å². The predicted molar refractivity (Wildman–Crippen MR) is 120 cm³/mol. The number of rotatable bonds is 6. The van der Waals surface area contributed by atoms with Gasteiger partial charge in [0.15, 0.2) is 0 Å². The highest BCUT2D eigenvalue weighted by Crippen LogP contribution is 2.43. The van der Waals surface area contributed by atoms with E-state index in [2.05, 4.69) is 40.5 Å². The van der Waals surface area contributed by atoms with Gasteiger partial charge in [-0.25, -0.2) is 0 Å². The highest BCUT2D eigenvalue weighted by molar-refractivity contribution is 5.78. The average Bonchev–Trinajstić information content (AvgIpc) is 3.43. The van der Waals surface area contributed by atoms with Crippen LogP contribution in [0.2, 0.25) is 0 Å². The number of Topliss-reactive ketones (excluding diaryl/α,β-unsaturated/α-hetero) is 1. The van der Waals surface area contributed by atoms with Crippen LogP contribution in [0, 0.1) is 11.8 Å². The van der Waals surface area contributed by atoms with Crippen molar-refractivity contribution in [1.29, 1.82) is 0 Å². The van der Waals surface area contributed by atoms with E-state index in [9.17, 15) is 4.79 Å². The summed E-state index contributed by atoms with van der Waals surface area (Å²) in [6.07, 6.45) is 9.51. The first-order valence-corrected chi connectivity index (χ1v) is 12.3. The van der Waals surface area contributed by atoms with Crippen LogP contribution in [-0.4, -0.2) is 54.6 Å². The van der Waals surface area contributed by atoms with E-state index in [-0.39, 0.29) is 5.60 Å². The number of ether oxygens (including phenoxy) is 1. The number of piperidine rings is 1. The van der Waals surface area contributed by atoms with E-state index in [1.807, 2.05) is 0 Å². The fraction of sp³-hybridized carbons (Fsp3) is 0.731. The zero-order valence-electron chi connectivity index (χ0n) is 18.5. The highest BCUT2D eigenvalue weighted by Gasteiger charge is 2.46. The number of nitrogens with one attached hydrogen (secondary N) is 1. The molecule has 1 N–H and O–H groups in total. The molecule has 1 spiro atoms. The SMILES string of the molecule is CC(=O)[C@H]1CC[C@H](CN2CCC3(CC2)CC(N[C@@H]2C[C@H]2c2ccccc2)CO3)CC1. The topological polar surface area (TPSA) is 41.6 Å². The van der Waals surface area contributed by atoms with Gasteiger partial charge < -0.3 is 15.0 Å². The van der Waals surface area contributed by atoms with Crippen molar-refractivity contribution in [2.24, 2.45) is 11.8 Å². The monoisotopic (exact) mass is 410 g/mol. The molecule has 4 aliphatic rings. The lowest BCUT2D eigenvalue weighted by Crippen LogP contribution is -2.46. The van der Waals surface area contributed by atoms with Gasteiger partial charge in [0.2, 0.25) is 0 Å². The second-order valence-corrected chi connectivity index (χ2v) is 10.6. The van der Waals surface area contributed by atoms with Gasteiger partial charge in [0.05, 0.1) is 12.2 Å². The molecule has 2 aliphatic carbocycles. The van der Waals surface area contributed by atoms with Crippen molar-refractivity contribution < 1.29 is 9.53 Å². The van der Waals surface area contributed by atoms with Crippen molar-refractivity contribution in [3.05, 3.63) is 35.9 Å². The van der Waals surface area contributed by atoms with E-state index in [1.165, 1.54) is 63.7 Å². The van der Waals surface area contributed by atoms with Gasteiger partial charge in [0.1, 0.15) is 5.78 Å². The molecule has 30 heavy (non-hydrogen) atoms. The molecule has 2 heterocycles. The predicted octanol–water partition coefficient (Wildman–Crippen LogP) is 4.15. The van der Waals surface area contributed by atoms with Crippen LogP contribution in [0.1, 0.15) is 69.8 Å². The molecule has 0 radical (unpaired) electrons. The molecule has 1 unspecified atom stereocenters. The number of likely N-dealkylation sites (tertiary alicyclic amines) is 1. The molecule has 0 amide bonds. The Morgan fingerprint density at radius 1 is 1.13 bits per heavy atom. The fourth-order valence-electron chi connectivity index (χ4n) is 6.31. The molecule has 4 nitrogen and oxygen atoms in total. The molecule has 4 heteroatoms. The minimum absolute atomic E-state index is 0.123. The summed E-state index contributed by atoms with van der Waals surface area (Å²) in [6, 6.07) is 12.1. The maximum absolute atomic E-state index is 11.6. The van der Waals surface area contributed by atoms with Crippen LogP contribution in [0.5, 0.6) is 0 Å². The minimum atomic E-state index is 0.123. The summed E-state index contributed by atoms with van der Waals surface area (Å²) in [5.41, 5.74) is 1.60. The minimum Gasteiger partial charge on any atom is -0.373 e. The fourth-order valence-corrected chi connectivity index (χ4v) is 6.31. The van der Waals surface area contributed by atoms with E-state index >= 15 is 0 Å². The van der Waals surface area contributed by atoms with Crippen LogP contribution in [0.25, 0.3) is 0 Å². The summed E-state index contributed by atoms with van der Waals surface area (Å²) in [4.78, 5) is 14.3. The van der Waals surface area contributed by atoms with E-state index in [1.54, 1.807) is 6.92 Å². The molecule has 0 aromatic heterocycles. The lowest BCUT2D eigenvalue weighted by molar-refractivity contribution is -0.122. The number of carbonyl (C=O) groups is 1. The van der Waals surface area contributed by atoms with Crippen LogP contribution in [-0.2, 0) is 9.53 Å². The number of benzene rings is 1. The molecular formula is C26H38N2O2. The van der Waals surface area contributed by atoms with Crippen molar-refractivity contribution in [3.8, 4) is 0 Å². The van der Waals surface area contributed by atoms with Gasteiger partial charge in [-0.15, -0.1) is 0 Å². The third kappa shape index (κ3) is 4.66. The van der Waals surface area contributed by atoms with Gasteiger partial charge >= 0.3 is 0 Å². The standard InChI is InChI=1S/C26H38N2O2/c1-19(29)21-9-7-20(8-10-21)17-28-13-11-26(12-14-28)16-23(18-30-26)27-25-15-24(25)22-5-3-2-4-6-22/h2-6,20-21,23-25,27H,7-18H2,1H3/t20-,21-,23?,24-,25+/m0/s1. The average molecular weight is 411 g/mol. The van der Waals surface area contributed by atoms with Crippen molar-refractivity contribution >= 4 is 5.78 Å². The van der Waals surface area contributed by atoms with Gasteiger partial charge in [-0.3, -0.25) is 4.79 Å². The first-order chi connectivity index (χ1) is 14.6. The quantitative estimate of drug-likeness (QED) is 0.765. The summed E-state index contributed by atoms with van der Waals surface area (Å²) in [5.74, 6) is 2.23. The molecule has 2 saturated carbocycles. The number of nitrogens with zero attached hydrogens (tertiary/aromatic N) is 1. The molecule has 2 saturated heterocycles. The normalized spacial score (nSPS) is 36.1. The third-order valence-electron chi connectivity index (χ3n) is 8.38. The molecular weight excluding hydrogens is 372 g/mol. The van der Waals surface area contributed by atoms with E-state index in [0.29, 0.717) is 29.7 Å². The van der Waals surface area contributed by atoms with Crippen LogP contribution < -0.4 is 5.32 Å². The Morgan fingerprint density at radius 2 is 1.87 bits per heavy atom. The summed E-state index contributed by atoms with van der Waals surface area (Å²) in [6.45, 7) is 6.23. The molecule has 1 aromatic rings. The Morgan fingerprint density at radius 3 is 2.57 bits per heavy atom. The van der Waals surface area contributed by atoms with Crippen molar-refractivity contribution in [2.75, 3.05) is 26.2 Å². The summed E-state index contributed by atoms with van der Waals surface area (Å²) < 4.78 is 6.42. The van der Waals surface area contributed by atoms with E-state index in [4.69, 9.17) is 4.74 Å². The Bertz CT molecular complexity index is 720. The van der Waals surface area contributed by atoms with Crippen molar-refractivity contribution in [2.45, 2.75) is 81.9 Å². The van der Waals surface area contributed by atoms with Gasteiger partial charge in [-0.1, -0.05) is 30.3 Å². The summed E-state index contributed by atoms with van der Waals surface area (Å²) in [7, 11) is 0. The largest absolute Gasteiger partial charge is 0.373 e. The lowest BCUT2D eigenvalue weighted by atomic mass is 9.79. The van der Waals surface area contributed by atoms with Gasteiger partial charge in [0.25, 0.3) is 0 Å². The second-order valence-electron chi connectivity index (χ2n) is 10.6. The molecule has 3 atom stereocenters. The van der Waals surface area contributed by atoms with Gasteiger partial charge in [-0.05, 0) is 69.8 Å². The third-order valence-corrected chi connectivity index (χ3v) is 8.38. The van der Waals surface area contributed by atoms with E-state index < -0.39 is 0 Å². The summed E-state index contributed by atoms with van der Waals surface area (Å²) >= 11 is 0. The Labute approximate surface area is 181 Å². The Kier molecular flexibility index (Phi) is 6.01. The summed E-state index contributed by atoms with van der Waals surface area (Å²) in [5, 5.41) is 3.90. The zero-order chi connectivity index (χ0) is 20.6. The molecule has 4 fully saturated rings. The second kappa shape index (κ2) is 8.72. The smallest absolute Gasteiger partial charge is 0.132 e. The Hall–Kier alpha value is -1.23. The number of hydrogen-bond donors (Lipinski definition) is 1. The van der Waals surface area contributed by atoms with Crippen molar-refractivity contribution in [3.63, 3.8) is 0 Å². The van der Waals surface area contributed by atoms with Gasteiger partial charge in [-0.2, -0.15) is 0 Å². The van der Waals surface area contributed by atoms with E-state index in [0.717, 1.165) is 25.4 Å². The Balaban J connectivity index is 1.04. The molecule has 1 aromatic carbocycles.